The summed E-state index contributed by atoms with van der Waals surface area (Å²) in [4.78, 5) is 15.3. The Morgan fingerprint density at radius 1 is 1.24 bits per heavy atom. The maximum absolute atomic E-state index is 12.3. The molecule has 0 spiro atoms. The minimum absolute atomic E-state index is 0.0186. The van der Waals surface area contributed by atoms with Gasteiger partial charge in [-0.2, -0.15) is 0 Å². The van der Waals surface area contributed by atoms with Gasteiger partial charge >= 0.3 is 0 Å². The fraction of sp³-hybridized carbons (Fsp3) is 0.583. The van der Waals surface area contributed by atoms with Gasteiger partial charge in [-0.05, 0) is 14.1 Å². The van der Waals surface area contributed by atoms with Crippen molar-refractivity contribution in [3.8, 4) is 0 Å². The monoisotopic (exact) mass is 334 g/mol. The molecular weight excluding hydrogens is 312 g/mol. The molecule has 7 nitrogen and oxygen atoms in total. The number of likely N-dealkylation sites (N-methyl/N-ethyl adjacent to an activating group) is 2. The smallest absolute Gasteiger partial charge is 0.261 e. The van der Waals surface area contributed by atoms with Crippen LogP contribution in [0.3, 0.4) is 0 Å². The number of rotatable bonds is 7. The summed E-state index contributed by atoms with van der Waals surface area (Å²) in [6, 6.07) is 0. The number of nitrogens with zero attached hydrogens (tertiary/aromatic N) is 2. The van der Waals surface area contributed by atoms with Crippen LogP contribution in [0.4, 0.5) is 10.7 Å². The van der Waals surface area contributed by atoms with Crippen molar-refractivity contribution in [3.05, 3.63) is 4.88 Å². The second kappa shape index (κ2) is 6.63. The molecule has 0 radical (unpaired) electrons. The van der Waals surface area contributed by atoms with E-state index in [4.69, 9.17) is 11.5 Å². The highest BCUT2D eigenvalue weighted by Crippen LogP contribution is 2.41. The minimum atomic E-state index is -3.53. The Kier molecular flexibility index (Phi) is 5.60. The molecule has 0 unspecified atom stereocenters. The zero-order valence-electron chi connectivity index (χ0n) is 12.7. The number of hydrogen-bond donors (Lipinski definition) is 2. The Balaban J connectivity index is 3.36. The van der Waals surface area contributed by atoms with Crippen LogP contribution in [0.5, 0.6) is 0 Å². The summed E-state index contributed by atoms with van der Waals surface area (Å²) < 4.78 is 24.5. The van der Waals surface area contributed by atoms with Gasteiger partial charge < -0.3 is 21.3 Å². The van der Waals surface area contributed by atoms with E-state index in [1.165, 1.54) is 0 Å². The molecule has 4 N–H and O–H groups in total. The lowest BCUT2D eigenvalue weighted by molar-refractivity contribution is 0.100. The molecule has 9 heteroatoms. The number of thiophene rings is 1. The maximum atomic E-state index is 12.3. The van der Waals surface area contributed by atoms with Gasteiger partial charge in [0.25, 0.3) is 5.91 Å². The maximum Gasteiger partial charge on any atom is 0.261 e. The summed E-state index contributed by atoms with van der Waals surface area (Å²) >= 11 is 1.02. The van der Waals surface area contributed by atoms with Crippen LogP contribution in [0.15, 0.2) is 4.90 Å². The van der Waals surface area contributed by atoms with Crippen molar-refractivity contribution >= 4 is 37.8 Å². The molecule has 120 valence electrons. The van der Waals surface area contributed by atoms with Crippen LogP contribution in [0, 0.1) is 0 Å². The Morgan fingerprint density at radius 3 is 2.24 bits per heavy atom. The molecule has 0 aliphatic heterocycles. The average Bonchev–Trinajstić information content (AvgIpc) is 2.74. The van der Waals surface area contributed by atoms with Gasteiger partial charge in [-0.3, -0.25) is 4.79 Å². The van der Waals surface area contributed by atoms with Crippen molar-refractivity contribution in [2.24, 2.45) is 5.73 Å². The van der Waals surface area contributed by atoms with Crippen molar-refractivity contribution in [2.45, 2.75) is 11.8 Å². The second-order valence-corrected chi connectivity index (χ2v) is 8.19. The van der Waals surface area contributed by atoms with Crippen LogP contribution < -0.4 is 16.4 Å². The van der Waals surface area contributed by atoms with Gasteiger partial charge in [0.05, 0.1) is 11.4 Å². The molecule has 0 saturated heterocycles. The van der Waals surface area contributed by atoms with E-state index in [0.29, 0.717) is 11.5 Å². The van der Waals surface area contributed by atoms with Crippen LogP contribution >= 0.6 is 11.3 Å². The van der Waals surface area contributed by atoms with Crippen LogP contribution in [-0.4, -0.2) is 59.2 Å². The molecule has 1 rings (SSSR count). The number of amides is 1. The fourth-order valence-electron chi connectivity index (χ4n) is 1.75. The number of anilines is 2. The van der Waals surface area contributed by atoms with Crippen molar-refractivity contribution < 1.29 is 13.2 Å². The third-order valence-corrected chi connectivity index (χ3v) is 6.29. The van der Waals surface area contributed by atoms with Crippen LogP contribution in [0.2, 0.25) is 0 Å². The average molecular weight is 334 g/mol. The summed E-state index contributed by atoms with van der Waals surface area (Å²) in [6.45, 7) is 2.89. The Bertz CT molecular complexity index is 623. The zero-order chi connectivity index (χ0) is 16.4. The van der Waals surface area contributed by atoms with E-state index in [0.717, 1.165) is 17.9 Å². The molecule has 1 amide bonds. The molecule has 0 aliphatic carbocycles. The van der Waals surface area contributed by atoms with E-state index >= 15 is 0 Å². The summed E-state index contributed by atoms with van der Waals surface area (Å²) in [5.74, 6) is -0.794. The molecule has 0 bridgehead atoms. The molecule has 0 saturated carbocycles. The fourth-order valence-corrected chi connectivity index (χ4v) is 4.42. The lowest BCUT2D eigenvalue weighted by Crippen LogP contribution is -2.28. The first-order valence-corrected chi connectivity index (χ1v) is 8.89. The number of nitrogen functional groups attached to an aromatic ring is 1. The lowest BCUT2D eigenvalue weighted by Gasteiger charge is -2.21. The quantitative estimate of drug-likeness (QED) is 0.738. The van der Waals surface area contributed by atoms with E-state index < -0.39 is 15.7 Å². The van der Waals surface area contributed by atoms with Gasteiger partial charge in [0.2, 0.25) is 0 Å². The van der Waals surface area contributed by atoms with Crippen molar-refractivity contribution in [1.29, 1.82) is 0 Å². The van der Waals surface area contributed by atoms with Crippen molar-refractivity contribution in [3.63, 3.8) is 0 Å². The number of carbonyl (C=O) groups is 1. The number of primary amides is 1. The van der Waals surface area contributed by atoms with Gasteiger partial charge in [0, 0.05) is 20.1 Å². The van der Waals surface area contributed by atoms with E-state index in [1.54, 1.807) is 18.9 Å². The number of carbonyl (C=O) groups excluding carboxylic acids is 1. The Hall–Kier alpha value is -1.32. The van der Waals surface area contributed by atoms with E-state index in [2.05, 4.69) is 0 Å². The SMILES string of the molecule is CCS(=O)(=O)c1c(N(C)CCN(C)C)sc(C(N)=O)c1N. The molecule has 0 aliphatic rings. The number of hydrogen-bond acceptors (Lipinski definition) is 7. The zero-order valence-corrected chi connectivity index (χ0v) is 14.3. The number of sulfone groups is 1. The van der Waals surface area contributed by atoms with Crippen LogP contribution in [0.25, 0.3) is 0 Å². The van der Waals surface area contributed by atoms with E-state index in [-0.39, 0.29) is 21.2 Å². The highest BCUT2D eigenvalue weighted by Gasteiger charge is 2.29. The highest BCUT2D eigenvalue weighted by atomic mass is 32.2. The predicted octanol–water partition coefficient (Wildman–Crippen LogP) is 0.221. The molecular formula is C12H22N4O3S2. The first kappa shape index (κ1) is 17.7. The summed E-state index contributed by atoms with van der Waals surface area (Å²) in [6.07, 6.45) is 0. The first-order chi connectivity index (χ1) is 9.61. The molecule has 1 aromatic rings. The summed E-state index contributed by atoms with van der Waals surface area (Å²) in [5.41, 5.74) is 11.1. The molecule has 0 fully saturated rings. The summed E-state index contributed by atoms with van der Waals surface area (Å²) in [5, 5.41) is 0.463. The van der Waals surface area contributed by atoms with Gasteiger partial charge in [0.15, 0.2) is 9.84 Å². The highest BCUT2D eigenvalue weighted by molar-refractivity contribution is 7.92. The molecule has 0 atom stereocenters. The predicted molar refractivity (Wildman–Crippen MR) is 86.8 cm³/mol. The van der Waals surface area contributed by atoms with Gasteiger partial charge in [0.1, 0.15) is 14.8 Å². The lowest BCUT2D eigenvalue weighted by atomic mass is 10.3. The van der Waals surface area contributed by atoms with E-state index in [9.17, 15) is 13.2 Å². The second-order valence-electron chi connectivity index (χ2n) is 4.97. The Labute approximate surface area is 129 Å². The largest absolute Gasteiger partial charge is 0.396 e. The van der Waals surface area contributed by atoms with Gasteiger partial charge in [-0.25, -0.2) is 8.42 Å². The first-order valence-electron chi connectivity index (χ1n) is 6.42. The summed E-state index contributed by atoms with van der Waals surface area (Å²) in [7, 11) is 2.09. The normalized spacial score (nSPS) is 11.9. The van der Waals surface area contributed by atoms with Gasteiger partial charge in [-0.1, -0.05) is 6.92 Å². The molecule has 1 heterocycles. The molecule has 1 aromatic heterocycles. The van der Waals surface area contributed by atoms with Crippen LogP contribution in [0.1, 0.15) is 16.6 Å². The van der Waals surface area contributed by atoms with Crippen molar-refractivity contribution in [1.82, 2.24) is 4.90 Å². The third-order valence-electron chi connectivity index (χ3n) is 3.03. The standard InChI is InChI=1S/C12H22N4O3S2/c1-5-21(18,19)10-8(13)9(11(14)17)20-12(10)16(4)7-6-15(2)3/h5-7,13H2,1-4H3,(H2,14,17). The molecule has 0 aromatic carbocycles. The minimum Gasteiger partial charge on any atom is -0.396 e. The Morgan fingerprint density at radius 2 is 1.81 bits per heavy atom. The third kappa shape index (κ3) is 3.86. The number of nitrogens with two attached hydrogens (primary N) is 2. The molecule has 21 heavy (non-hydrogen) atoms. The van der Waals surface area contributed by atoms with Crippen molar-refractivity contribution in [2.75, 3.05) is 50.6 Å². The van der Waals surface area contributed by atoms with Gasteiger partial charge in [-0.15, -0.1) is 11.3 Å². The van der Waals surface area contributed by atoms with E-state index in [1.807, 2.05) is 19.0 Å². The van der Waals surface area contributed by atoms with Crippen LogP contribution in [-0.2, 0) is 9.84 Å². The topological polar surface area (TPSA) is 110 Å².